The molecule has 2 aromatic heterocycles. The molecule has 3 aromatic rings. The fraction of sp³-hybridized carbons (Fsp3) is 0.348. The molecule has 0 spiro atoms. The SMILES string of the molecule is CC[C@@H](c1ccc(F)cc1)N1CCN(c2c(C#N)c(=O)n(C)c3ccc(Br)nc23)CC1. The molecule has 1 aliphatic heterocycles. The van der Waals surface area contributed by atoms with Crippen LogP contribution >= 0.6 is 15.9 Å². The molecule has 1 atom stereocenters. The monoisotopic (exact) mass is 483 g/mol. The van der Waals surface area contributed by atoms with Gasteiger partial charge in [0.2, 0.25) is 0 Å². The van der Waals surface area contributed by atoms with Crippen molar-refractivity contribution in [1.29, 1.82) is 5.26 Å². The van der Waals surface area contributed by atoms with Crippen molar-refractivity contribution >= 4 is 32.7 Å². The molecule has 0 aliphatic carbocycles. The molecule has 0 unspecified atom stereocenters. The second kappa shape index (κ2) is 8.77. The van der Waals surface area contributed by atoms with Gasteiger partial charge in [0, 0.05) is 39.3 Å². The van der Waals surface area contributed by atoms with Gasteiger partial charge in [0.1, 0.15) is 27.6 Å². The lowest BCUT2D eigenvalue weighted by Crippen LogP contribution is -2.48. The van der Waals surface area contributed by atoms with Gasteiger partial charge < -0.3 is 9.47 Å². The Morgan fingerprint density at radius 1 is 1.16 bits per heavy atom. The first kappa shape index (κ1) is 21.5. The van der Waals surface area contributed by atoms with Crippen molar-refractivity contribution in [3.8, 4) is 6.07 Å². The minimum Gasteiger partial charge on any atom is -0.366 e. The van der Waals surface area contributed by atoms with Gasteiger partial charge in [0.05, 0.1) is 11.2 Å². The lowest BCUT2D eigenvalue weighted by Gasteiger charge is -2.40. The Labute approximate surface area is 188 Å². The van der Waals surface area contributed by atoms with E-state index in [1.54, 1.807) is 13.1 Å². The van der Waals surface area contributed by atoms with E-state index in [-0.39, 0.29) is 23.0 Å². The Bertz CT molecular complexity index is 1210. The van der Waals surface area contributed by atoms with Crippen LogP contribution in [0.15, 0.2) is 45.8 Å². The van der Waals surface area contributed by atoms with Crippen molar-refractivity contribution in [1.82, 2.24) is 14.5 Å². The van der Waals surface area contributed by atoms with Crippen LogP contribution in [-0.4, -0.2) is 40.6 Å². The second-order valence-electron chi connectivity index (χ2n) is 7.70. The number of fused-ring (bicyclic) bond motifs is 1. The molecule has 4 rings (SSSR count). The minimum absolute atomic E-state index is 0.125. The second-order valence-corrected chi connectivity index (χ2v) is 8.51. The Morgan fingerprint density at radius 3 is 2.45 bits per heavy atom. The molecule has 31 heavy (non-hydrogen) atoms. The lowest BCUT2D eigenvalue weighted by molar-refractivity contribution is 0.181. The van der Waals surface area contributed by atoms with Crippen LogP contribution in [0.25, 0.3) is 11.0 Å². The predicted molar refractivity (Wildman–Crippen MR) is 123 cm³/mol. The van der Waals surface area contributed by atoms with Gasteiger partial charge in [-0.1, -0.05) is 19.1 Å². The third-order valence-electron chi connectivity index (χ3n) is 6.01. The van der Waals surface area contributed by atoms with E-state index in [0.29, 0.717) is 34.4 Å². The molecule has 1 aliphatic rings. The average molecular weight is 484 g/mol. The first-order valence-electron chi connectivity index (χ1n) is 10.3. The summed E-state index contributed by atoms with van der Waals surface area (Å²) in [6.45, 7) is 5.01. The van der Waals surface area contributed by atoms with Gasteiger partial charge in [-0.15, -0.1) is 0 Å². The number of hydrogen-bond donors (Lipinski definition) is 0. The highest BCUT2D eigenvalue weighted by atomic mass is 79.9. The highest BCUT2D eigenvalue weighted by Gasteiger charge is 2.28. The first-order valence-corrected chi connectivity index (χ1v) is 11.1. The quantitative estimate of drug-likeness (QED) is 0.525. The molecular weight excluding hydrogens is 461 g/mol. The van der Waals surface area contributed by atoms with Crippen molar-refractivity contribution in [3.63, 3.8) is 0 Å². The molecule has 8 heteroatoms. The summed E-state index contributed by atoms with van der Waals surface area (Å²) < 4.78 is 15.5. The summed E-state index contributed by atoms with van der Waals surface area (Å²) in [7, 11) is 1.66. The Hall–Kier alpha value is -2.76. The van der Waals surface area contributed by atoms with Crippen LogP contribution in [0, 0.1) is 17.1 Å². The van der Waals surface area contributed by atoms with E-state index >= 15 is 0 Å². The fourth-order valence-corrected chi connectivity index (χ4v) is 4.73. The van der Waals surface area contributed by atoms with Crippen molar-refractivity contribution < 1.29 is 4.39 Å². The normalized spacial score (nSPS) is 15.8. The molecule has 1 aromatic carbocycles. The van der Waals surface area contributed by atoms with Crippen molar-refractivity contribution in [2.45, 2.75) is 19.4 Å². The van der Waals surface area contributed by atoms with E-state index < -0.39 is 0 Å². The zero-order valence-electron chi connectivity index (χ0n) is 17.5. The number of aromatic nitrogens is 2. The Morgan fingerprint density at radius 2 is 1.84 bits per heavy atom. The summed E-state index contributed by atoms with van der Waals surface area (Å²) in [4.78, 5) is 21.9. The average Bonchev–Trinajstić information content (AvgIpc) is 2.78. The zero-order valence-corrected chi connectivity index (χ0v) is 19.1. The number of pyridine rings is 2. The number of benzene rings is 1. The largest absolute Gasteiger partial charge is 0.366 e. The summed E-state index contributed by atoms with van der Waals surface area (Å²) >= 11 is 3.41. The van der Waals surface area contributed by atoms with Gasteiger partial charge in [-0.05, 0) is 52.2 Å². The summed E-state index contributed by atoms with van der Waals surface area (Å²) in [6.07, 6.45) is 0.915. The maximum Gasteiger partial charge on any atom is 0.270 e. The van der Waals surface area contributed by atoms with Crippen LogP contribution in [0.4, 0.5) is 10.1 Å². The smallest absolute Gasteiger partial charge is 0.270 e. The molecule has 1 saturated heterocycles. The van der Waals surface area contributed by atoms with E-state index in [0.717, 1.165) is 25.1 Å². The van der Waals surface area contributed by atoms with Crippen LogP contribution in [0.3, 0.4) is 0 Å². The number of anilines is 1. The maximum absolute atomic E-state index is 13.3. The molecule has 0 bridgehead atoms. The molecule has 0 radical (unpaired) electrons. The zero-order chi connectivity index (χ0) is 22.1. The number of nitriles is 1. The Balaban J connectivity index is 1.67. The molecule has 3 heterocycles. The standard InChI is InChI=1S/C23H23BrFN5O/c1-3-18(15-4-6-16(25)7-5-15)29-10-12-30(13-11-29)22-17(14-26)23(31)28(2)19-8-9-20(24)27-21(19)22/h4-9,18H,3,10-13H2,1-2H3/t18-/m0/s1. The summed E-state index contributed by atoms with van der Waals surface area (Å²) in [5, 5.41) is 9.76. The third kappa shape index (κ3) is 3.95. The highest BCUT2D eigenvalue weighted by molar-refractivity contribution is 9.10. The molecule has 160 valence electrons. The van der Waals surface area contributed by atoms with Crippen molar-refractivity contribution in [3.05, 3.63) is 68.3 Å². The number of rotatable bonds is 4. The number of piperazine rings is 1. The molecule has 1 fully saturated rings. The molecule has 0 saturated carbocycles. The van der Waals surface area contributed by atoms with E-state index in [4.69, 9.17) is 0 Å². The number of nitrogens with zero attached hydrogens (tertiary/aromatic N) is 5. The van der Waals surface area contributed by atoms with Crippen molar-refractivity contribution in [2.24, 2.45) is 7.05 Å². The fourth-order valence-electron chi connectivity index (χ4n) is 4.43. The van der Waals surface area contributed by atoms with Crippen LogP contribution in [0.2, 0.25) is 0 Å². The molecule has 0 N–H and O–H groups in total. The van der Waals surface area contributed by atoms with Gasteiger partial charge in [0.25, 0.3) is 5.56 Å². The Kier molecular flexibility index (Phi) is 6.08. The van der Waals surface area contributed by atoms with Crippen LogP contribution in [-0.2, 0) is 7.05 Å². The maximum atomic E-state index is 13.3. The summed E-state index contributed by atoms with van der Waals surface area (Å²) in [5.41, 5.74) is 2.86. The number of halogens is 2. The first-order chi connectivity index (χ1) is 14.9. The van der Waals surface area contributed by atoms with Crippen LogP contribution in [0.1, 0.15) is 30.5 Å². The molecule has 0 amide bonds. The van der Waals surface area contributed by atoms with Crippen LogP contribution in [0.5, 0.6) is 0 Å². The van der Waals surface area contributed by atoms with Gasteiger partial charge in [-0.2, -0.15) is 5.26 Å². The summed E-state index contributed by atoms with van der Waals surface area (Å²) in [5.74, 6) is -0.233. The van der Waals surface area contributed by atoms with E-state index in [2.05, 4.69) is 43.7 Å². The van der Waals surface area contributed by atoms with E-state index in [1.165, 1.54) is 16.7 Å². The van der Waals surface area contributed by atoms with Crippen LogP contribution < -0.4 is 10.5 Å². The minimum atomic E-state index is -0.311. The highest BCUT2D eigenvalue weighted by Crippen LogP contribution is 2.31. The number of aryl methyl sites for hydroxylation is 1. The lowest BCUT2D eigenvalue weighted by atomic mass is 10.0. The van der Waals surface area contributed by atoms with Crippen molar-refractivity contribution in [2.75, 3.05) is 31.1 Å². The number of hydrogen-bond acceptors (Lipinski definition) is 5. The predicted octanol–water partition coefficient (Wildman–Crippen LogP) is 3.98. The van der Waals surface area contributed by atoms with E-state index in [1.807, 2.05) is 18.2 Å². The third-order valence-corrected chi connectivity index (χ3v) is 6.45. The molecular formula is C23H23BrFN5O. The summed E-state index contributed by atoms with van der Waals surface area (Å²) in [6, 6.07) is 12.6. The van der Waals surface area contributed by atoms with Gasteiger partial charge >= 0.3 is 0 Å². The van der Waals surface area contributed by atoms with Gasteiger partial charge in [0.15, 0.2) is 0 Å². The van der Waals surface area contributed by atoms with E-state index in [9.17, 15) is 14.4 Å². The van der Waals surface area contributed by atoms with Gasteiger partial charge in [-0.3, -0.25) is 9.69 Å². The topological polar surface area (TPSA) is 65.2 Å². The molecule has 6 nitrogen and oxygen atoms in total. The van der Waals surface area contributed by atoms with Gasteiger partial charge in [-0.25, -0.2) is 9.37 Å².